The Morgan fingerprint density at radius 3 is 2.28 bits per heavy atom. The second kappa shape index (κ2) is 9.19. The van der Waals surface area contributed by atoms with Crippen LogP contribution in [0, 0.1) is 0 Å². The van der Waals surface area contributed by atoms with E-state index in [0.29, 0.717) is 49.0 Å². The molecule has 1 N–H and O–H groups in total. The average molecular weight is 421 g/mol. The molecular formula is C19H23N3O6S. The highest BCUT2D eigenvalue weighted by Crippen LogP contribution is 2.39. The van der Waals surface area contributed by atoms with E-state index < -0.39 is 11.1 Å². The second-order valence-electron chi connectivity index (χ2n) is 6.34. The van der Waals surface area contributed by atoms with Crippen molar-refractivity contribution in [1.82, 2.24) is 15.1 Å². The number of amides is 3. The molecule has 2 heterocycles. The summed E-state index contributed by atoms with van der Waals surface area (Å²) in [6.07, 6.45) is 1.54. The first kappa shape index (κ1) is 21.0. The maximum absolute atomic E-state index is 12.8. The molecule has 156 valence electrons. The van der Waals surface area contributed by atoms with E-state index in [1.165, 1.54) is 27.4 Å². The molecule has 0 unspecified atom stereocenters. The number of piperazine rings is 1. The van der Waals surface area contributed by atoms with E-state index in [1.807, 2.05) is 0 Å². The number of thioether (sulfide) groups is 1. The Labute approximate surface area is 172 Å². The van der Waals surface area contributed by atoms with E-state index >= 15 is 0 Å². The zero-order valence-electron chi connectivity index (χ0n) is 16.5. The van der Waals surface area contributed by atoms with Crippen molar-refractivity contribution in [1.29, 1.82) is 0 Å². The van der Waals surface area contributed by atoms with Crippen LogP contribution in [0.5, 0.6) is 17.2 Å². The number of imide groups is 1. The molecule has 3 amide bonds. The number of ether oxygens (including phenoxy) is 3. The van der Waals surface area contributed by atoms with Crippen molar-refractivity contribution >= 4 is 34.9 Å². The minimum atomic E-state index is -0.511. The van der Waals surface area contributed by atoms with Crippen LogP contribution in [-0.4, -0.2) is 80.9 Å². The van der Waals surface area contributed by atoms with Gasteiger partial charge in [-0.25, -0.2) is 0 Å². The number of benzene rings is 1. The molecule has 0 spiro atoms. The summed E-state index contributed by atoms with van der Waals surface area (Å²) in [5, 5.41) is 2.68. The molecule has 2 fully saturated rings. The molecule has 2 saturated heterocycles. The minimum Gasteiger partial charge on any atom is -0.496 e. The first-order valence-electron chi connectivity index (χ1n) is 9.02. The molecule has 0 radical (unpaired) electrons. The van der Waals surface area contributed by atoms with Crippen molar-refractivity contribution in [3.63, 3.8) is 0 Å². The third-order valence-corrected chi connectivity index (χ3v) is 5.57. The van der Waals surface area contributed by atoms with Crippen LogP contribution in [0.1, 0.15) is 5.56 Å². The van der Waals surface area contributed by atoms with Gasteiger partial charge in [0.15, 0.2) is 0 Å². The lowest BCUT2D eigenvalue weighted by Crippen LogP contribution is -2.50. The first-order chi connectivity index (χ1) is 14.0. The summed E-state index contributed by atoms with van der Waals surface area (Å²) in [6.45, 7) is 2.25. The van der Waals surface area contributed by atoms with Gasteiger partial charge in [-0.1, -0.05) is 0 Å². The molecule has 0 aromatic heterocycles. The van der Waals surface area contributed by atoms with Gasteiger partial charge in [0.2, 0.25) is 5.91 Å². The van der Waals surface area contributed by atoms with Gasteiger partial charge in [0, 0.05) is 38.3 Å². The molecule has 3 rings (SSSR count). The fraction of sp³-hybridized carbons (Fsp3) is 0.421. The lowest BCUT2D eigenvalue weighted by atomic mass is 10.1. The lowest BCUT2D eigenvalue weighted by Gasteiger charge is -2.28. The van der Waals surface area contributed by atoms with Crippen LogP contribution in [0.3, 0.4) is 0 Å². The van der Waals surface area contributed by atoms with E-state index in [0.717, 1.165) is 16.7 Å². The van der Waals surface area contributed by atoms with Gasteiger partial charge in [-0.15, -0.1) is 0 Å². The molecule has 1 aromatic carbocycles. The minimum absolute atomic E-state index is 0.199. The molecule has 0 bridgehead atoms. The molecule has 2 aliphatic heterocycles. The number of carbonyl (C=O) groups is 3. The van der Waals surface area contributed by atoms with Gasteiger partial charge < -0.3 is 24.4 Å². The highest BCUT2D eigenvalue weighted by Gasteiger charge is 2.37. The molecule has 9 nitrogen and oxygen atoms in total. The van der Waals surface area contributed by atoms with Crippen molar-refractivity contribution in [2.75, 3.05) is 54.1 Å². The molecule has 2 aliphatic rings. The highest BCUT2D eigenvalue weighted by molar-refractivity contribution is 8.18. The maximum Gasteiger partial charge on any atom is 0.294 e. The summed E-state index contributed by atoms with van der Waals surface area (Å²) in [4.78, 5) is 40.4. The fourth-order valence-corrected chi connectivity index (χ4v) is 3.91. The van der Waals surface area contributed by atoms with Crippen LogP contribution in [-0.2, 0) is 9.59 Å². The highest BCUT2D eigenvalue weighted by atomic mass is 32.2. The number of nitrogens with zero attached hydrogens (tertiary/aromatic N) is 2. The molecule has 10 heteroatoms. The number of hydrogen-bond donors (Lipinski definition) is 1. The fourth-order valence-electron chi connectivity index (χ4n) is 3.09. The SMILES string of the molecule is COc1cc(OC)c(C=C2SC(=O)N(CC(=O)N3CCNCC3)C2=O)c(OC)c1. The van der Waals surface area contributed by atoms with E-state index in [1.54, 1.807) is 17.0 Å². The summed E-state index contributed by atoms with van der Waals surface area (Å²) in [6, 6.07) is 3.32. The Bertz CT molecular complexity index is 825. The summed E-state index contributed by atoms with van der Waals surface area (Å²) in [5.74, 6) is 0.651. The van der Waals surface area contributed by atoms with Gasteiger partial charge in [-0.3, -0.25) is 19.3 Å². The number of nitrogens with one attached hydrogen (secondary N) is 1. The van der Waals surface area contributed by atoms with E-state index in [4.69, 9.17) is 14.2 Å². The van der Waals surface area contributed by atoms with Gasteiger partial charge in [-0.2, -0.15) is 0 Å². The second-order valence-corrected chi connectivity index (χ2v) is 7.34. The van der Waals surface area contributed by atoms with E-state index in [-0.39, 0.29) is 17.4 Å². The maximum atomic E-state index is 12.8. The summed E-state index contributed by atoms with van der Waals surface area (Å²) >= 11 is 0.787. The van der Waals surface area contributed by atoms with Crippen LogP contribution < -0.4 is 19.5 Å². The van der Waals surface area contributed by atoms with Gasteiger partial charge in [0.1, 0.15) is 23.8 Å². The average Bonchev–Trinajstić information content (AvgIpc) is 3.01. The van der Waals surface area contributed by atoms with E-state index in [2.05, 4.69) is 5.32 Å². The van der Waals surface area contributed by atoms with Crippen molar-refractivity contribution in [2.45, 2.75) is 0 Å². The zero-order valence-corrected chi connectivity index (χ0v) is 17.3. The molecule has 1 aromatic rings. The quantitative estimate of drug-likeness (QED) is 0.684. The largest absolute Gasteiger partial charge is 0.496 e. The Hall–Kier alpha value is -2.72. The van der Waals surface area contributed by atoms with Crippen molar-refractivity contribution in [3.05, 3.63) is 22.6 Å². The summed E-state index contributed by atoms with van der Waals surface area (Å²) in [7, 11) is 4.50. The van der Waals surface area contributed by atoms with Crippen LogP contribution >= 0.6 is 11.8 Å². The normalized spacial score (nSPS) is 18.4. The monoisotopic (exact) mass is 421 g/mol. The van der Waals surface area contributed by atoms with Gasteiger partial charge >= 0.3 is 0 Å². The molecule has 29 heavy (non-hydrogen) atoms. The topological polar surface area (TPSA) is 97.4 Å². The number of rotatable bonds is 6. The molecular weight excluding hydrogens is 398 g/mol. The van der Waals surface area contributed by atoms with Crippen LogP contribution in [0.15, 0.2) is 17.0 Å². The zero-order chi connectivity index (χ0) is 21.0. The molecule has 0 saturated carbocycles. The Balaban J connectivity index is 1.83. The third kappa shape index (κ3) is 4.48. The smallest absolute Gasteiger partial charge is 0.294 e. The lowest BCUT2D eigenvalue weighted by molar-refractivity contribution is -0.136. The van der Waals surface area contributed by atoms with E-state index in [9.17, 15) is 14.4 Å². The number of methoxy groups -OCH3 is 3. The summed E-state index contributed by atoms with van der Waals surface area (Å²) < 4.78 is 16.0. The predicted octanol–water partition coefficient (Wildman–Crippen LogP) is 1.18. The number of hydrogen-bond acceptors (Lipinski definition) is 8. The standard InChI is InChI=1S/C19H23N3O6S/c1-26-12-8-14(27-2)13(15(9-12)28-3)10-16-18(24)22(19(25)29-16)11-17(23)21-6-4-20-5-7-21/h8-10,20H,4-7,11H2,1-3H3. The van der Waals surface area contributed by atoms with Gasteiger partial charge in [0.25, 0.3) is 11.1 Å². The van der Waals surface area contributed by atoms with Crippen molar-refractivity contribution in [3.8, 4) is 17.2 Å². The van der Waals surface area contributed by atoms with Crippen LogP contribution in [0.25, 0.3) is 6.08 Å². The van der Waals surface area contributed by atoms with Crippen LogP contribution in [0.4, 0.5) is 4.79 Å². The van der Waals surface area contributed by atoms with Crippen molar-refractivity contribution < 1.29 is 28.6 Å². The third-order valence-electron chi connectivity index (χ3n) is 4.67. The Kier molecular flexibility index (Phi) is 6.65. The predicted molar refractivity (Wildman–Crippen MR) is 108 cm³/mol. The number of carbonyl (C=O) groups excluding carboxylic acids is 3. The first-order valence-corrected chi connectivity index (χ1v) is 9.84. The summed E-state index contributed by atoms with van der Waals surface area (Å²) in [5.41, 5.74) is 0.509. The van der Waals surface area contributed by atoms with Crippen molar-refractivity contribution in [2.24, 2.45) is 0 Å². The Morgan fingerprint density at radius 1 is 1.10 bits per heavy atom. The van der Waals surface area contributed by atoms with Gasteiger partial charge in [-0.05, 0) is 17.8 Å². The van der Waals surface area contributed by atoms with Crippen LogP contribution in [0.2, 0.25) is 0 Å². The Morgan fingerprint density at radius 2 is 1.72 bits per heavy atom. The van der Waals surface area contributed by atoms with Gasteiger partial charge in [0.05, 0.1) is 31.8 Å². The molecule has 0 aliphatic carbocycles. The molecule has 0 atom stereocenters.